The van der Waals surface area contributed by atoms with Gasteiger partial charge in [0.25, 0.3) is 0 Å². The SMILES string of the molecule is CN(C(=O)Nc1ccc(-c2ccc(C(F)(F)F)cc2)cc1)C1CCNCC1.Cl. The van der Waals surface area contributed by atoms with E-state index in [1.165, 1.54) is 12.1 Å². The van der Waals surface area contributed by atoms with Gasteiger partial charge < -0.3 is 15.5 Å². The van der Waals surface area contributed by atoms with Crippen molar-refractivity contribution in [2.75, 3.05) is 25.5 Å². The molecule has 2 aromatic rings. The van der Waals surface area contributed by atoms with E-state index in [0.29, 0.717) is 11.3 Å². The van der Waals surface area contributed by atoms with E-state index in [-0.39, 0.29) is 24.5 Å². The number of nitrogens with zero attached hydrogens (tertiary/aromatic N) is 1. The maximum Gasteiger partial charge on any atom is 0.416 e. The van der Waals surface area contributed by atoms with Crippen molar-refractivity contribution in [1.82, 2.24) is 10.2 Å². The van der Waals surface area contributed by atoms with Gasteiger partial charge in [0.1, 0.15) is 0 Å². The van der Waals surface area contributed by atoms with E-state index in [4.69, 9.17) is 0 Å². The predicted octanol–water partition coefficient (Wildman–Crippen LogP) is 5.01. The van der Waals surface area contributed by atoms with Gasteiger partial charge in [0.05, 0.1) is 5.56 Å². The molecule has 1 saturated heterocycles. The smallest absolute Gasteiger partial charge is 0.325 e. The lowest BCUT2D eigenvalue weighted by Gasteiger charge is -2.31. The molecule has 1 fully saturated rings. The number of halogens is 4. The van der Waals surface area contributed by atoms with Crippen molar-refractivity contribution in [3.05, 3.63) is 54.1 Å². The predicted molar refractivity (Wildman–Crippen MR) is 107 cm³/mol. The zero-order valence-corrected chi connectivity index (χ0v) is 16.2. The van der Waals surface area contributed by atoms with Crippen molar-refractivity contribution in [3.63, 3.8) is 0 Å². The molecule has 152 valence electrons. The molecule has 1 heterocycles. The number of carbonyl (C=O) groups is 1. The zero-order chi connectivity index (χ0) is 19.4. The van der Waals surface area contributed by atoms with Gasteiger partial charge in [-0.25, -0.2) is 4.79 Å². The molecule has 0 radical (unpaired) electrons. The zero-order valence-electron chi connectivity index (χ0n) is 15.4. The number of carbonyl (C=O) groups excluding carboxylic acids is 1. The van der Waals surface area contributed by atoms with E-state index in [1.807, 2.05) is 0 Å². The molecular weight excluding hydrogens is 391 g/mol. The number of rotatable bonds is 3. The molecule has 0 aliphatic carbocycles. The van der Waals surface area contributed by atoms with Gasteiger partial charge in [0, 0.05) is 18.8 Å². The van der Waals surface area contributed by atoms with E-state index in [2.05, 4.69) is 10.6 Å². The number of alkyl halides is 3. The summed E-state index contributed by atoms with van der Waals surface area (Å²) >= 11 is 0. The second-order valence-corrected chi connectivity index (χ2v) is 6.67. The van der Waals surface area contributed by atoms with Crippen LogP contribution in [0.25, 0.3) is 11.1 Å². The quantitative estimate of drug-likeness (QED) is 0.742. The van der Waals surface area contributed by atoms with Crippen LogP contribution in [-0.2, 0) is 6.18 Å². The molecular formula is C20H23ClF3N3O. The van der Waals surface area contributed by atoms with Gasteiger partial charge in [-0.05, 0) is 61.3 Å². The lowest BCUT2D eigenvalue weighted by molar-refractivity contribution is -0.137. The monoisotopic (exact) mass is 413 g/mol. The molecule has 3 rings (SSSR count). The van der Waals surface area contributed by atoms with Crippen LogP contribution >= 0.6 is 12.4 Å². The van der Waals surface area contributed by atoms with Gasteiger partial charge in [0.15, 0.2) is 0 Å². The summed E-state index contributed by atoms with van der Waals surface area (Å²) in [5.74, 6) is 0. The molecule has 0 spiro atoms. The fraction of sp³-hybridized carbons (Fsp3) is 0.350. The third-order valence-electron chi connectivity index (χ3n) is 4.86. The number of urea groups is 1. The lowest BCUT2D eigenvalue weighted by atomic mass is 10.0. The van der Waals surface area contributed by atoms with Gasteiger partial charge in [-0.3, -0.25) is 0 Å². The average Bonchev–Trinajstić information content (AvgIpc) is 2.68. The second-order valence-electron chi connectivity index (χ2n) is 6.67. The third kappa shape index (κ3) is 5.39. The van der Waals surface area contributed by atoms with Gasteiger partial charge >= 0.3 is 12.2 Å². The van der Waals surface area contributed by atoms with Crippen LogP contribution in [0.4, 0.5) is 23.7 Å². The Morgan fingerprint density at radius 2 is 1.50 bits per heavy atom. The van der Waals surface area contributed by atoms with Crippen LogP contribution in [0.3, 0.4) is 0 Å². The van der Waals surface area contributed by atoms with Crippen molar-refractivity contribution in [3.8, 4) is 11.1 Å². The number of benzene rings is 2. The van der Waals surface area contributed by atoms with Crippen LogP contribution in [0.2, 0.25) is 0 Å². The topological polar surface area (TPSA) is 44.4 Å². The van der Waals surface area contributed by atoms with E-state index < -0.39 is 11.7 Å². The first-order valence-electron chi connectivity index (χ1n) is 8.87. The maximum atomic E-state index is 12.6. The first-order chi connectivity index (χ1) is 12.8. The molecule has 1 aliphatic heterocycles. The van der Waals surface area contributed by atoms with Crippen LogP contribution < -0.4 is 10.6 Å². The fourth-order valence-corrected chi connectivity index (χ4v) is 3.17. The summed E-state index contributed by atoms with van der Waals surface area (Å²) in [7, 11) is 1.79. The first kappa shape index (κ1) is 22.0. The van der Waals surface area contributed by atoms with Gasteiger partial charge in [-0.1, -0.05) is 24.3 Å². The number of piperidine rings is 1. The molecule has 1 aliphatic rings. The Hall–Kier alpha value is -2.25. The van der Waals surface area contributed by atoms with Crippen LogP contribution in [0, 0.1) is 0 Å². The Bertz CT molecular complexity index is 773. The summed E-state index contributed by atoms with van der Waals surface area (Å²) < 4.78 is 37.9. The van der Waals surface area contributed by atoms with Crippen molar-refractivity contribution in [1.29, 1.82) is 0 Å². The number of anilines is 1. The molecule has 2 aromatic carbocycles. The van der Waals surface area contributed by atoms with Gasteiger partial charge in [-0.2, -0.15) is 13.2 Å². The van der Waals surface area contributed by atoms with E-state index in [1.54, 1.807) is 36.2 Å². The number of hydrogen-bond donors (Lipinski definition) is 2. The summed E-state index contributed by atoms with van der Waals surface area (Å²) in [6.07, 6.45) is -2.49. The minimum absolute atomic E-state index is 0. The fourth-order valence-electron chi connectivity index (χ4n) is 3.17. The van der Waals surface area contributed by atoms with Crippen molar-refractivity contribution in [2.24, 2.45) is 0 Å². The highest BCUT2D eigenvalue weighted by molar-refractivity contribution is 5.89. The molecule has 0 unspecified atom stereocenters. The number of nitrogens with one attached hydrogen (secondary N) is 2. The Kier molecular flexibility index (Phi) is 7.32. The Morgan fingerprint density at radius 1 is 1.00 bits per heavy atom. The largest absolute Gasteiger partial charge is 0.416 e. The minimum atomic E-state index is -4.34. The molecule has 28 heavy (non-hydrogen) atoms. The number of hydrogen-bond acceptors (Lipinski definition) is 2. The summed E-state index contributed by atoms with van der Waals surface area (Å²) in [6.45, 7) is 1.81. The summed E-state index contributed by atoms with van der Waals surface area (Å²) in [5.41, 5.74) is 1.45. The molecule has 2 N–H and O–H groups in total. The van der Waals surface area contributed by atoms with Crippen LogP contribution in [-0.4, -0.2) is 37.1 Å². The molecule has 0 aromatic heterocycles. The summed E-state index contributed by atoms with van der Waals surface area (Å²) in [4.78, 5) is 14.1. The Balaban J connectivity index is 0.00000280. The van der Waals surface area contributed by atoms with E-state index in [9.17, 15) is 18.0 Å². The van der Waals surface area contributed by atoms with Gasteiger partial charge in [-0.15, -0.1) is 12.4 Å². The van der Waals surface area contributed by atoms with Crippen molar-refractivity contribution in [2.45, 2.75) is 25.1 Å². The Labute approximate surface area is 168 Å². The highest BCUT2D eigenvalue weighted by atomic mass is 35.5. The van der Waals surface area contributed by atoms with Crippen LogP contribution in [0.15, 0.2) is 48.5 Å². The first-order valence-corrected chi connectivity index (χ1v) is 8.87. The maximum absolute atomic E-state index is 12.6. The molecule has 0 saturated carbocycles. The minimum Gasteiger partial charge on any atom is -0.325 e. The van der Waals surface area contributed by atoms with Crippen molar-refractivity contribution >= 4 is 24.1 Å². The normalized spacial score (nSPS) is 14.9. The molecule has 4 nitrogen and oxygen atoms in total. The third-order valence-corrected chi connectivity index (χ3v) is 4.86. The number of amides is 2. The second kappa shape index (κ2) is 9.30. The molecule has 0 bridgehead atoms. The van der Waals surface area contributed by atoms with Crippen LogP contribution in [0.5, 0.6) is 0 Å². The van der Waals surface area contributed by atoms with Crippen LogP contribution in [0.1, 0.15) is 18.4 Å². The molecule has 2 amide bonds. The highest BCUT2D eigenvalue weighted by Gasteiger charge is 2.30. The molecule has 8 heteroatoms. The standard InChI is InChI=1S/C20H22F3N3O.ClH/c1-26(18-10-12-24-13-11-18)19(27)25-17-8-4-15(5-9-17)14-2-6-16(7-3-14)20(21,22)23;/h2-9,18,24H,10-13H2,1H3,(H,25,27);1H. The van der Waals surface area contributed by atoms with E-state index >= 15 is 0 Å². The summed E-state index contributed by atoms with van der Waals surface area (Å²) in [5, 5.41) is 6.14. The Morgan fingerprint density at radius 3 is 2.00 bits per heavy atom. The van der Waals surface area contributed by atoms with Gasteiger partial charge in [0.2, 0.25) is 0 Å². The van der Waals surface area contributed by atoms with E-state index in [0.717, 1.165) is 43.6 Å². The highest BCUT2D eigenvalue weighted by Crippen LogP contribution is 2.31. The molecule has 0 atom stereocenters. The van der Waals surface area contributed by atoms with Crippen molar-refractivity contribution < 1.29 is 18.0 Å². The lowest BCUT2D eigenvalue weighted by Crippen LogP contribution is -2.45. The average molecular weight is 414 g/mol. The summed E-state index contributed by atoms with van der Waals surface area (Å²) in [6, 6.07) is 12.1.